The zero-order chi connectivity index (χ0) is 7.28. The Morgan fingerprint density at radius 2 is 2.33 bits per heavy atom. The summed E-state index contributed by atoms with van der Waals surface area (Å²) in [7, 11) is 1.38. The number of nitrogens with two attached hydrogens (primary N) is 1. The van der Waals surface area contributed by atoms with Crippen LogP contribution in [0.25, 0.3) is 0 Å². The molecule has 0 rings (SSSR count). The number of rotatable bonds is 3. The Kier molecular flexibility index (Phi) is 4.05. The van der Waals surface area contributed by atoms with Crippen molar-refractivity contribution in [3.63, 3.8) is 0 Å². The molecule has 9 heavy (non-hydrogen) atoms. The molecule has 0 amide bonds. The SMILES string of the molecule is CC[C@H](CN)C(=O)OC. The van der Waals surface area contributed by atoms with E-state index in [0.717, 1.165) is 6.42 Å². The second kappa shape index (κ2) is 4.32. The Labute approximate surface area is 55.2 Å². The number of methoxy groups -OCH3 is 1. The Bertz CT molecular complexity index is 89.1. The Hall–Kier alpha value is -0.570. The predicted octanol–water partition coefficient (Wildman–Crippen LogP) is 0.144. The quantitative estimate of drug-likeness (QED) is 0.554. The van der Waals surface area contributed by atoms with E-state index in [2.05, 4.69) is 4.74 Å². The fourth-order valence-electron chi connectivity index (χ4n) is 0.596. The lowest BCUT2D eigenvalue weighted by molar-refractivity contribution is -0.145. The van der Waals surface area contributed by atoms with Crippen molar-refractivity contribution in [1.82, 2.24) is 0 Å². The molecule has 0 aromatic carbocycles. The smallest absolute Gasteiger partial charge is 0.309 e. The van der Waals surface area contributed by atoms with Crippen LogP contribution < -0.4 is 5.73 Å². The van der Waals surface area contributed by atoms with Crippen LogP contribution in [0.2, 0.25) is 0 Å². The molecule has 0 heterocycles. The second-order valence-corrected chi connectivity index (χ2v) is 1.86. The van der Waals surface area contributed by atoms with E-state index in [0.29, 0.717) is 6.54 Å². The van der Waals surface area contributed by atoms with Gasteiger partial charge in [-0.05, 0) is 6.42 Å². The first-order valence-corrected chi connectivity index (χ1v) is 3.04. The van der Waals surface area contributed by atoms with Crippen molar-refractivity contribution in [3.8, 4) is 0 Å². The van der Waals surface area contributed by atoms with Crippen LogP contribution in [0.5, 0.6) is 0 Å². The second-order valence-electron chi connectivity index (χ2n) is 1.86. The van der Waals surface area contributed by atoms with Crippen LogP contribution in [-0.2, 0) is 9.53 Å². The van der Waals surface area contributed by atoms with Gasteiger partial charge in [0.1, 0.15) is 0 Å². The van der Waals surface area contributed by atoms with Gasteiger partial charge in [0.15, 0.2) is 0 Å². The summed E-state index contributed by atoms with van der Waals surface area (Å²) in [6, 6.07) is 0. The lowest BCUT2D eigenvalue weighted by Gasteiger charge is -2.07. The van der Waals surface area contributed by atoms with Gasteiger partial charge >= 0.3 is 5.97 Å². The Balaban J connectivity index is 3.64. The predicted molar refractivity (Wildman–Crippen MR) is 34.9 cm³/mol. The fourth-order valence-corrected chi connectivity index (χ4v) is 0.596. The van der Waals surface area contributed by atoms with Crippen molar-refractivity contribution in [2.75, 3.05) is 13.7 Å². The van der Waals surface area contributed by atoms with Gasteiger partial charge in [-0.15, -0.1) is 0 Å². The van der Waals surface area contributed by atoms with Crippen LogP contribution in [0.3, 0.4) is 0 Å². The lowest BCUT2D eigenvalue weighted by atomic mass is 10.1. The first-order chi connectivity index (χ1) is 4.26. The van der Waals surface area contributed by atoms with Crippen LogP contribution in [0.4, 0.5) is 0 Å². The van der Waals surface area contributed by atoms with Crippen molar-refractivity contribution in [1.29, 1.82) is 0 Å². The van der Waals surface area contributed by atoms with Gasteiger partial charge in [-0.25, -0.2) is 0 Å². The van der Waals surface area contributed by atoms with Gasteiger partial charge in [0.05, 0.1) is 13.0 Å². The molecular formula is C6H13NO2. The average Bonchev–Trinajstić information content (AvgIpc) is 1.90. The van der Waals surface area contributed by atoms with E-state index in [4.69, 9.17) is 5.73 Å². The van der Waals surface area contributed by atoms with Crippen LogP contribution in [0, 0.1) is 5.92 Å². The molecule has 0 aromatic rings. The third-order valence-corrected chi connectivity index (χ3v) is 1.31. The summed E-state index contributed by atoms with van der Waals surface area (Å²) in [6.07, 6.45) is 0.753. The van der Waals surface area contributed by atoms with E-state index in [-0.39, 0.29) is 11.9 Å². The summed E-state index contributed by atoms with van der Waals surface area (Å²) in [4.78, 5) is 10.7. The standard InChI is InChI=1S/C6H13NO2/c1-3-5(4-7)6(8)9-2/h5H,3-4,7H2,1-2H3/t5-/m1/s1. The molecule has 0 fully saturated rings. The van der Waals surface area contributed by atoms with Crippen LogP contribution in [-0.4, -0.2) is 19.6 Å². The molecule has 3 nitrogen and oxygen atoms in total. The molecule has 1 atom stereocenters. The molecule has 54 valence electrons. The minimum absolute atomic E-state index is 0.116. The number of carbonyl (C=O) groups excluding carboxylic acids is 1. The summed E-state index contributed by atoms with van der Waals surface area (Å²) in [5.41, 5.74) is 5.26. The summed E-state index contributed by atoms with van der Waals surface area (Å²) < 4.78 is 4.48. The first-order valence-electron chi connectivity index (χ1n) is 3.04. The number of hydrogen-bond donors (Lipinski definition) is 1. The molecule has 0 spiro atoms. The van der Waals surface area contributed by atoms with Gasteiger partial charge in [0.25, 0.3) is 0 Å². The van der Waals surface area contributed by atoms with Gasteiger partial charge in [-0.3, -0.25) is 4.79 Å². The van der Waals surface area contributed by atoms with E-state index >= 15 is 0 Å². The maximum Gasteiger partial charge on any atom is 0.309 e. The molecule has 0 aliphatic heterocycles. The Morgan fingerprint density at radius 3 is 2.44 bits per heavy atom. The fraction of sp³-hybridized carbons (Fsp3) is 0.833. The van der Waals surface area contributed by atoms with E-state index in [1.54, 1.807) is 0 Å². The highest BCUT2D eigenvalue weighted by molar-refractivity contribution is 5.72. The molecule has 0 aliphatic carbocycles. The van der Waals surface area contributed by atoms with Gasteiger partial charge < -0.3 is 10.5 Å². The lowest BCUT2D eigenvalue weighted by Crippen LogP contribution is -2.23. The zero-order valence-electron chi connectivity index (χ0n) is 5.89. The normalized spacial score (nSPS) is 12.8. The third-order valence-electron chi connectivity index (χ3n) is 1.31. The van der Waals surface area contributed by atoms with E-state index in [1.807, 2.05) is 6.92 Å². The summed E-state index contributed by atoms with van der Waals surface area (Å²) >= 11 is 0. The van der Waals surface area contributed by atoms with Gasteiger partial charge in [0, 0.05) is 6.54 Å². The van der Waals surface area contributed by atoms with E-state index in [1.165, 1.54) is 7.11 Å². The molecule has 0 radical (unpaired) electrons. The van der Waals surface area contributed by atoms with E-state index in [9.17, 15) is 4.79 Å². The van der Waals surface area contributed by atoms with Crippen molar-refractivity contribution in [2.24, 2.45) is 11.7 Å². The van der Waals surface area contributed by atoms with E-state index < -0.39 is 0 Å². The minimum atomic E-state index is -0.208. The highest BCUT2D eigenvalue weighted by Crippen LogP contribution is 2.00. The number of esters is 1. The maximum absolute atomic E-state index is 10.7. The number of carbonyl (C=O) groups is 1. The average molecular weight is 131 g/mol. The van der Waals surface area contributed by atoms with Crippen molar-refractivity contribution >= 4 is 5.97 Å². The Morgan fingerprint density at radius 1 is 1.78 bits per heavy atom. The minimum Gasteiger partial charge on any atom is -0.469 e. The number of ether oxygens (including phenoxy) is 1. The zero-order valence-corrected chi connectivity index (χ0v) is 5.89. The van der Waals surface area contributed by atoms with Gasteiger partial charge in [-0.1, -0.05) is 6.92 Å². The van der Waals surface area contributed by atoms with Crippen LogP contribution in [0.15, 0.2) is 0 Å². The highest BCUT2D eigenvalue weighted by atomic mass is 16.5. The molecule has 0 unspecified atom stereocenters. The molecule has 2 N–H and O–H groups in total. The van der Waals surface area contributed by atoms with Gasteiger partial charge in [-0.2, -0.15) is 0 Å². The van der Waals surface area contributed by atoms with Crippen molar-refractivity contribution < 1.29 is 9.53 Å². The summed E-state index contributed by atoms with van der Waals surface area (Å²) in [5, 5.41) is 0. The van der Waals surface area contributed by atoms with Crippen LogP contribution in [0.1, 0.15) is 13.3 Å². The van der Waals surface area contributed by atoms with Gasteiger partial charge in [0.2, 0.25) is 0 Å². The molecule has 0 saturated carbocycles. The molecule has 3 heteroatoms. The van der Waals surface area contributed by atoms with Crippen molar-refractivity contribution in [2.45, 2.75) is 13.3 Å². The topological polar surface area (TPSA) is 52.3 Å². The largest absolute Gasteiger partial charge is 0.469 e. The molecule has 0 bridgehead atoms. The van der Waals surface area contributed by atoms with Crippen LogP contribution >= 0.6 is 0 Å². The summed E-state index contributed by atoms with van der Waals surface area (Å²) in [6.45, 7) is 2.29. The van der Waals surface area contributed by atoms with Crippen molar-refractivity contribution in [3.05, 3.63) is 0 Å². The molecule has 0 saturated heterocycles. The molecular weight excluding hydrogens is 118 g/mol. The number of hydrogen-bond acceptors (Lipinski definition) is 3. The third kappa shape index (κ3) is 2.46. The maximum atomic E-state index is 10.7. The molecule has 0 aromatic heterocycles. The first kappa shape index (κ1) is 8.43. The molecule has 0 aliphatic rings. The monoisotopic (exact) mass is 131 g/mol. The summed E-state index contributed by atoms with van der Waals surface area (Å²) in [5.74, 6) is -0.324. The highest BCUT2D eigenvalue weighted by Gasteiger charge is 2.13.